The van der Waals surface area contributed by atoms with Crippen LogP contribution in [-0.2, 0) is 6.54 Å². The van der Waals surface area contributed by atoms with Gasteiger partial charge in [-0.1, -0.05) is 12.8 Å². The van der Waals surface area contributed by atoms with E-state index in [9.17, 15) is 0 Å². The molecule has 0 spiro atoms. The van der Waals surface area contributed by atoms with Crippen LogP contribution in [0.3, 0.4) is 0 Å². The summed E-state index contributed by atoms with van der Waals surface area (Å²) >= 11 is 0. The zero-order valence-corrected chi connectivity index (χ0v) is 16.0. The molecular formula is C20H28N4O2. The molecule has 2 aromatic rings. The molecule has 0 radical (unpaired) electrons. The third-order valence-electron chi connectivity index (χ3n) is 5.91. The van der Waals surface area contributed by atoms with Crippen LogP contribution in [0.2, 0.25) is 0 Å². The monoisotopic (exact) mass is 356 g/mol. The zero-order valence-electron chi connectivity index (χ0n) is 16.0. The zero-order chi connectivity index (χ0) is 18.1. The number of aromatic nitrogens is 3. The standard InChI is InChI=1S/C20H28N4O2/c1-13-11-21-16(14(2)18(13)25-3)12-24-10-5-4-9-17(24)20-23-22-19(26-20)15-7-6-8-15/h11,15,17H,4-10,12H2,1-3H3/t17-/m1/s1. The molecule has 140 valence electrons. The smallest absolute Gasteiger partial charge is 0.233 e. The van der Waals surface area contributed by atoms with Gasteiger partial charge in [0.05, 0.1) is 18.8 Å². The van der Waals surface area contributed by atoms with Crippen molar-refractivity contribution in [3.63, 3.8) is 0 Å². The number of pyridine rings is 1. The molecule has 2 aliphatic rings. The fourth-order valence-corrected chi connectivity index (χ4v) is 4.08. The van der Waals surface area contributed by atoms with E-state index in [2.05, 4.69) is 27.0 Å². The molecule has 0 bridgehead atoms. The van der Waals surface area contributed by atoms with E-state index in [0.29, 0.717) is 5.92 Å². The first-order valence-corrected chi connectivity index (χ1v) is 9.73. The molecule has 3 heterocycles. The Morgan fingerprint density at radius 3 is 2.65 bits per heavy atom. The van der Waals surface area contributed by atoms with E-state index < -0.39 is 0 Å². The minimum atomic E-state index is 0.193. The molecule has 1 aliphatic carbocycles. The molecule has 1 aliphatic heterocycles. The average molecular weight is 356 g/mol. The molecule has 4 rings (SSSR count). The maximum Gasteiger partial charge on any atom is 0.233 e. The van der Waals surface area contributed by atoms with E-state index >= 15 is 0 Å². The summed E-state index contributed by atoms with van der Waals surface area (Å²) in [7, 11) is 1.73. The molecule has 1 saturated carbocycles. The molecule has 0 N–H and O–H groups in total. The lowest BCUT2D eigenvalue weighted by Crippen LogP contribution is -2.33. The lowest BCUT2D eigenvalue weighted by molar-refractivity contribution is 0.113. The van der Waals surface area contributed by atoms with Crippen LogP contribution in [0.25, 0.3) is 0 Å². The van der Waals surface area contributed by atoms with Crippen LogP contribution in [0, 0.1) is 13.8 Å². The van der Waals surface area contributed by atoms with Crippen LogP contribution >= 0.6 is 0 Å². The maximum atomic E-state index is 6.08. The lowest BCUT2D eigenvalue weighted by Gasteiger charge is -2.33. The molecule has 26 heavy (non-hydrogen) atoms. The molecule has 0 unspecified atom stereocenters. The minimum absolute atomic E-state index is 0.193. The van der Waals surface area contributed by atoms with E-state index in [1.54, 1.807) is 7.11 Å². The SMILES string of the molecule is COc1c(C)cnc(CN2CCCC[C@@H]2c2nnc(C3CCC3)o2)c1C. The predicted molar refractivity (Wildman–Crippen MR) is 98.2 cm³/mol. The topological polar surface area (TPSA) is 64.3 Å². The van der Waals surface area contributed by atoms with Crippen molar-refractivity contribution in [3.05, 3.63) is 34.8 Å². The fraction of sp³-hybridized carbons (Fsp3) is 0.650. The Labute approximate surface area is 155 Å². The normalized spacial score (nSPS) is 21.6. The van der Waals surface area contributed by atoms with Gasteiger partial charge in [-0.3, -0.25) is 9.88 Å². The van der Waals surface area contributed by atoms with Crippen molar-refractivity contribution in [2.75, 3.05) is 13.7 Å². The first-order valence-electron chi connectivity index (χ1n) is 9.73. The number of nitrogens with zero attached hydrogens (tertiary/aromatic N) is 4. The molecule has 2 fully saturated rings. The fourth-order valence-electron chi connectivity index (χ4n) is 4.08. The van der Waals surface area contributed by atoms with E-state index in [1.165, 1.54) is 32.1 Å². The van der Waals surface area contributed by atoms with E-state index in [4.69, 9.17) is 9.15 Å². The van der Waals surface area contributed by atoms with Gasteiger partial charge in [-0.05, 0) is 46.1 Å². The van der Waals surface area contributed by atoms with Crippen molar-refractivity contribution in [2.45, 2.75) is 70.9 Å². The van der Waals surface area contributed by atoms with Crippen LogP contribution in [0.1, 0.15) is 79.1 Å². The van der Waals surface area contributed by atoms with Crippen molar-refractivity contribution in [2.24, 2.45) is 0 Å². The molecule has 0 aromatic carbocycles. The molecule has 0 amide bonds. The van der Waals surface area contributed by atoms with Crippen LogP contribution in [0.4, 0.5) is 0 Å². The Morgan fingerprint density at radius 1 is 1.12 bits per heavy atom. The van der Waals surface area contributed by atoms with Gasteiger partial charge >= 0.3 is 0 Å². The van der Waals surface area contributed by atoms with Gasteiger partial charge in [0.15, 0.2) is 0 Å². The van der Waals surface area contributed by atoms with Crippen molar-refractivity contribution >= 4 is 0 Å². The van der Waals surface area contributed by atoms with E-state index in [-0.39, 0.29) is 6.04 Å². The second-order valence-electron chi connectivity index (χ2n) is 7.63. The van der Waals surface area contributed by atoms with Gasteiger partial charge < -0.3 is 9.15 Å². The first-order chi connectivity index (χ1) is 12.7. The van der Waals surface area contributed by atoms with Crippen LogP contribution in [0.5, 0.6) is 5.75 Å². The minimum Gasteiger partial charge on any atom is -0.496 e. The van der Waals surface area contributed by atoms with Gasteiger partial charge in [0.2, 0.25) is 11.8 Å². The highest BCUT2D eigenvalue weighted by Crippen LogP contribution is 2.38. The van der Waals surface area contributed by atoms with Crippen LogP contribution in [0.15, 0.2) is 10.6 Å². The number of likely N-dealkylation sites (tertiary alicyclic amines) is 1. The Morgan fingerprint density at radius 2 is 1.92 bits per heavy atom. The number of hydrogen-bond acceptors (Lipinski definition) is 6. The maximum absolute atomic E-state index is 6.08. The summed E-state index contributed by atoms with van der Waals surface area (Å²) in [5.41, 5.74) is 3.27. The summed E-state index contributed by atoms with van der Waals surface area (Å²) in [6.07, 6.45) is 9.01. The first kappa shape index (κ1) is 17.5. The van der Waals surface area contributed by atoms with Gasteiger partial charge in [-0.15, -0.1) is 10.2 Å². The second-order valence-corrected chi connectivity index (χ2v) is 7.63. The van der Waals surface area contributed by atoms with Crippen molar-refractivity contribution < 1.29 is 9.15 Å². The quantitative estimate of drug-likeness (QED) is 0.804. The number of ether oxygens (including phenoxy) is 1. The van der Waals surface area contributed by atoms with Crippen molar-refractivity contribution in [1.82, 2.24) is 20.1 Å². The summed E-state index contributed by atoms with van der Waals surface area (Å²) in [6.45, 7) is 5.94. The number of methoxy groups -OCH3 is 1. The molecule has 1 saturated heterocycles. The molecule has 2 aromatic heterocycles. The van der Waals surface area contributed by atoms with E-state index in [1.807, 2.05) is 13.1 Å². The Bertz CT molecular complexity index is 769. The van der Waals surface area contributed by atoms with Crippen LogP contribution < -0.4 is 4.74 Å². The summed E-state index contributed by atoms with van der Waals surface area (Å²) in [4.78, 5) is 7.11. The number of aryl methyl sites for hydroxylation is 1. The number of rotatable bonds is 5. The Balaban J connectivity index is 1.55. The summed E-state index contributed by atoms with van der Waals surface area (Å²) in [6, 6.07) is 0.193. The highest BCUT2D eigenvalue weighted by molar-refractivity contribution is 5.41. The second kappa shape index (κ2) is 7.35. The largest absolute Gasteiger partial charge is 0.496 e. The average Bonchev–Trinajstić information content (AvgIpc) is 3.06. The third kappa shape index (κ3) is 3.22. The molecule has 1 atom stereocenters. The summed E-state index contributed by atoms with van der Waals surface area (Å²) in [5.74, 6) is 3.04. The number of piperidine rings is 1. The third-order valence-corrected chi connectivity index (χ3v) is 5.91. The molecule has 6 heteroatoms. The Hall–Kier alpha value is -1.95. The summed E-state index contributed by atoms with van der Waals surface area (Å²) < 4.78 is 11.6. The molecular weight excluding hydrogens is 328 g/mol. The van der Waals surface area contributed by atoms with Gasteiger partial charge in [-0.25, -0.2) is 0 Å². The van der Waals surface area contributed by atoms with Gasteiger partial charge in [-0.2, -0.15) is 0 Å². The summed E-state index contributed by atoms with van der Waals surface area (Å²) in [5, 5.41) is 8.73. The molecule has 6 nitrogen and oxygen atoms in total. The van der Waals surface area contributed by atoms with Gasteiger partial charge in [0, 0.05) is 29.8 Å². The highest BCUT2D eigenvalue weighted by Gasteiger charge is 2.32. The number of hydrogen-bond donors (Lipinski definition) is 0. The van der Waals surface area contributed by atoms with E-state index in [0.717, 1.165) is 53.9 Å². The highest BCUT2D eigenvalue weighted by atomic mass is 16.5. The lowest BCUT2D eigenvalue weighted by atomic mass is 9.85. The predicted octanol–water partition coefficient (Wildman–Crippen LogP) is 4.08. The van der Waals surface area contributed by atoms with Gasteiger partial charge in [0.1, 0.15) is 5.75 Å². The van der Waals surface area contributed by atoms with Crippen molar-refractivity contribution in [3.8, 4) is 5.75 Å². The van der Waals surface area contributed by atoms with Crippen LogP contribution in [-0.4, -0.2) is 33.7 Å². The Kier molecular flexibility index (Phi) is 4.94. The van der Waals surface area contributed by atoms with Gasteiger partial charge in [0.25, 0.3) is 0 Å². The van der Waals surface area contributed by atoms with Crippen molar-refractivity contribution in [1.29, 1.82) is 0 Å².